The van der Waals surface area contributed by atoms with Crippen molar-refractivity contribution >= 4 is 5.69 Å². The van der Waals surface area contributed by atoms with Crippen molar-refractivity contribution in [1.29, 1.82) is 0 Å². The van der Waals surface area contributed by atoms with Gasteiger partial charge in [0.15, 0.2) is 0 Å². The van der Waals surface area contributed by atoms with Crippen molar-refractivity contribution in [1.82, 2.24) is 5.32 Å². The Labute approximate surface area is 103 Å². The number of hydrogen-bond acceptors (Lipinski definition) is 2. The highest BCUT2D eigenvalue weighted by molar-refractivity contribution is 5.46. The van der Waals surface area contributed by atoms with Crippen LogP contribution in [0.4, 0.5) is 10.1 Å². The topological polar surface area (TPSA) is 15.3 Å². The predicted octanol–water partition coefficient (Wildman–Crippen LogP) is 2.79. The Bertz CT molecular complexity index is 348. The van der Waals surface area contributed by atoms with Crippen molar-refractivity contribution in [3.63, 3.8) is 0 Å². The highest BCUT2D eigenvalue weighted by Crippen LogP contribution is 2.18. The first-order valence-corrected chi connectivity index (χ1v) is 6.46. The fourth-order valence-electron chi connectivity index (χ4n) is 2.46. The maximum absolute atomic E-state index is 13.5. The number of nitrogens with one attached hydrogen (secondary N) is 1. The maximum atomic E-state index is 13.5. The van der Waals surface area contributed by atoms with E-state index >= 15 is 0 Å². The molecule has 94 valence electrons. The number of para-hydroxylation sites is 1. The van der Waals surface area contributed by atoms with E-state index in [1.807, 2.05) is 24.1 Å². The molecule has 2 nitrogen and oxygen atoms in total. The number of benzene rings is 1. The Morgan fingerprint density at radius 3 is 2.94 bits per heavy atom. The van der Waals surface area contributed by atoms with Gasteiger partial charge in [0.25, 0.3) is 0 Å². The van der Waals surface area contributed by atoms with Crippen LogP contribution in [0.15, 0.2) is 24.3 Å². The molecule has 1 N–H and O–H groups in total. The molecule has 1 aliphatic heterocycles. The van der Waals surface area contributed by atoms with Crippen LogP contribution >= 0.6 is 0 Å². The highest BCUT2D eigenvalue weighted by Gasteiger charge is 2.14. The van der Waals surface area contributed by atoms with Gasteiger partial charge in [0.05, 0.1) is 5.69 Å². The molecule has 3 heteroatoms. The van der Waals surface area contributed by atoms with Gasteiger partial charge in [0, 0.05) is 19.6 Å². The molecule has 0 aliphatic carbocycles. The van der Waals surface area contributed by atoms with Crippen LogP contribution in [-0.4, -0.2) is 26.2 Å². The van der Waals surface area contributed by atoms with Gasteiger partial charge in [-0.05, 0) is 44.4 Å². The molecule has 1 atom stereocenters. The third kappa shape index (κ3) is 3.43. The molecular formula is C14H21FN2. The van der Waals surface area contributed by atoms with Crippen molar-refractivity contribution in [2.75, 3.05) is 25.0 Å². The zero-order valence-corrected chi connectivity index (χ0v) is 10.5. The number of hydrogen-bond donors (Lipinski definition) is 1. The van der Waals surface area contributed by atoms with E-state index < -0.39 is 0 Å². The second-order valence-electron chi connectivity index (χ2n) is 4.81. The zero-order valence-electron chi connectivity index (χ0n) is 10.5. The summed E-state index contributed by atoms with van der Waals surface area (Å²) in [6.45, 7) is 2.08. The van der Waals surface area contributed by atoms with Gasteiger partial charge >= 0.3 is 0 Å². The predicted molar refractivity (Wildman–Crippen MR) is 69.9 cm³/mol. The van der Waals surface area contributed by atoms with Gasteiger partial charge in [-0.1, -0.05) is 12.1 Å². The molecule has 1 aromatic carbocycles. The Balaban J connectivity index is 1.77. The van der Waals surface area contributed by atoms with Gasteiger partial charge in [0.1, 0.15) is 5.82 Å². The number of halogens is 1. The first kappa shape index (κ1) is 12.4. The van der Waals surface area contributed by atoms with Gasteiger partial charge in [0.2, 0.25) is 0 Å². The summed E-state index contributed by atoms with van der Waals surface area (Å²) < 4.78 is 13.5. The Kier molecular flexibility index (Phi) is 4.37. The standard InChI is InChI=1S/C14H21FN2/c1-17(14-9-3-2-8-13(14)15)11-5-7-12-6-4-10-16-12/h2-3,8-9,12,16H,4-7,10-11H2,1H3. The third-order valence-corrected chi connectivity index (χ3v) is 3.47. The smallest absolute Gasteiger partial charge is 0.146 e. The quantitative estimate of drug-likeness (QED) is 0.845. The highest BCUT2D eigenvalue weighted by atomic mass is 19.1. The molecule has 1 heterocycles. The van der Waals surface area contributed by atoms with Crippen molar-refractivity contribution in [2.45, 2.75) is 31.7 Å². The van der Waals surface area contributed by atoms with E-state index in [0.717, 1.165) is 19.5 Å². The molecule has 0 amide bonds. The lowest BCUT2D eigenvalue weighted by Crippen LogP contribution is -2.25. The largest absolute Gasteiger partial charge is 0.372 e. The van der Waals surface area contributed by atoms with E-state index in [2.05, 4.69) is 5.32 Å². The minimum Gasteiger partial charge on any atom is -0.372 e. The summed E-state index contributed by atoms with van der Waals surface area (Å²) in [5.41, 5.74) is 0.701. The van der Waals surface area contributed by atoms with Gasteiger partial charge in [-0.25, -0.2) is 4.39 Å². The van der Waals surface area contributed by atoms with Crippen LogP contribution in [-0.2, 0) is 0 Å². The molecule has 2 rings (SSSR count). The number of anilines is 1. The van der Waals surface area contributed by atoms with Gasteiger partial charge in [-0.3, -0.25) is 0 Å². The molecule has 0 bridgehead atoms. The second-order valence-corrected chi connectivity index (χ2v) is 4.81. The minimum atomic E-state index is -0.131. The first-order valence-electron chi connectivity index (χ1n) is 6.46. The SMILES string of the molecule is CN(CCCC1CCCN1)c1ccccc1F. The molecule has 1 aliphatic rings. The van der Waals surface area contributed by atoms with E-state index in [1.165, 1.54) is 25.3 Å². The molecular weight excluding hydrogens is 215 g/mol. The van der Waals surface area contributed by atoms with Crippen LogP contribution in [0.3, 0.4) is 0 Å². The molecule has 0 saturated carbocycles. The van der Waals surface area contributed by atoms with Crippen LogP contribution in [0.5, 0.6) is 0 Å². The lowest BCUT2D eigenvalue weighted by Gasteiger charge is -2.20. The summed E-state index contributed by atoms with van der Waals surface area (Å²) in [6.07, 6.45) is 4.90. The van der Waals surface area contributed by atoms with Crippen LogP contribution in [0.1, 0.15) is 25.7 Å². The van der Waals surface area contributed by atoms with Gasteiger partial charge in [-0.15, -0.1) is 0 Å². The number of nitrogens with zero attached hydrogens (tertiary/aromatic N) is 1. The molecule has 0 spiro atoms. The van der Waals surface area contributed by atoms with Crippen molar-refractivity contribution in [2.24, 2.45) is 0 Å². The van der Waals surface area contributed by atoms with E-state index in [1.54, 1.807) is 6.07 Å². The summed E-state index contributed by atoms with van der Waals surface area (Å²) in [6, 6.07) is 7.65. The van der Waals surface area contributed by atoms with Crippen molar-refractivity contribution < 1.29 is 4.39 Å². The maximum Gasteiger partial charge on any atom is 0.146 e. The van der Waals surface area contributed by atoms with Crippen LogP contribution in [0.2, 0.25) is 0 Å². The summed E-state index contributed by atoms with van der Waals surface area (Å²) in [7, 11) is 1.96. The lowest BCUT2D eigenvalue weighted by atomic mass is 10.1. The molecule has 0 radical (unpaired) electrons. The Hall–Kier alpha value is -1.09. The Morgan fingerprint density at radius 1 is 1.41 bits per heavy atom. The van der Waals surface area contributed by atoms with E-state index in [0.29, 0.717) is 11.7 Å². The first-order chi connectivity index (χ1) is 8.27. The normalized spacial score (nSPS) is 19.5. The fraction of sp³-hybridized carbons (Fsp3) is 0.571. The molecule has 1 saturated heterocycles. The third-order valence-electron chi connectivity index (χ3n) is 3.47. The molecule has 1 fully saturated rings. The minimum absolute atomic E-state index is 0.131. The summed E-state index contributed by atoms with van der Waals surface area (Å²) >= 11 is 0. The molecule has 17 heavy (non-hydrogen) atoms. The summed E-state index contributed by atoms with van der Waals surface area (Å²) in [4.78, 5) is 2.00. The van der Waals surface area contributed by atoms with Crippen molar-refractivity contribution in [3.05, 3.63) is 30.1 Å². The van der Waals surface area contributed by atoms with E-state index in [9.17, 15) is 4.39 Å². The number of rotatable bonds is 5. The second kappa shape index (κ2) is 6.01. The molecule has 1 aromatic rings. The van der Waals surface area contributed by atoms with Crippen LogP contribution in [0, 0.1) is 5.82 Å². The lowest BCUT2D eigenvalue weighted by molar-refractivity contribution is 0.534. The average molecular weight is 236 g/mol. The average Bonchev–Trinajstić information content (AvgIpc) is 2.82. The van der Waals surface area contributed by atoms with E-state index in [-0.39, 0.29) is 5.82 Å². The monoisotopic (exact) mass is 236 g/mol. The van der Waals surface area contributed by atoms with Gasteiger partial charge in [-0.2, -0.15) is 0 Å². The zero-order chi connectivity index (χ0) is 12.1. The Morgan fingerprint density at radius 2 is 2.24 bits per heavy atom. The van der Waals surface area contributed by atoms with Crippen molar-refractivity contribution in [3.8, 4) is 0 Å². The molecule has 1 unspecified atom stereocenters. The van der Waals surface area contributed by atoms with Crippen LogP contribution in [0.25, 0.3) is 0 Å². The van der Waals surface area contributed by atoms with E-state index in [4.69, 9.17) is 0 Å². The fourth-order valence-corrected chi connectivity index (χ4v) is 2.46. The van der Waals surface area contributed by atoms with Crippen LogP contribution < -0.4 is 10.2 Å². The van der Waals surface area contributed by atoms with Gasteiger partial charge < -0.3 is 10.2 Å². The molecule has 0 aromatic heterocycles. The summed E-state index contributed by atoms with van der Waals surface area (Å²) in [5.74, 6) is -0.131. The summed E-state index contributed by atoms with van der Waals surface area (Å²) in [5, 5.41) is 3.49.